The molecule has 21 heavy (non-hydrogen) atoms. The van der Waals surface area contributed by atoms with Gasteiger partial charge in [-0.05, 0) is 49.7 Å². The second kappa shape index (κ2) is 6.69. The van der Waals surface area contributed by atoms with Gasteiger partial charge in [0.2, 0.25) is 0 Å². The van der Waals surface area contributed by atoms with Gasteiger partial charge in [-0.1, -0.05) is 47.4 Å². The molecular weight excluding hydrogens is 350 g/mol. The molecule has 0 aliphatic heterocycles. The highest BCUT2D eigenvalue weighted by molar-refractivity contribution is 9.10. The molecule has 1 aliphatic rings. The van der Waals surface area contributed by atoms with Crippen LogP contribution < -0.4 is 0 Å². The predicted octanol–water partition coefficient (Wildman–Crippen LogP) is 5.49. The van der Waals surface area contributed by atoms with Crippen LogP contribution in [0.25, 0.3) is 0 Å². The third-order valence-electron chi connectivity index (χ3n) is 4.87. The van der Waals surface area contributed by atoms with Crippen molar-refractivity contribution in [3.63, 3.8) is 0 Å². The van der Waals surface area contributed by atoms with E-state index in [0.29, 0.717) is 22.4 Å². The number of rotatable bonds is 3. The van der Waals surface area contributed by atoms with Crippen molar-refractivity contribution in [2.45, 2.75) is 45.6 Å². The van der Waals surface area contributed by atoms with Crippen molar-refractivity contribution in [1.29, 1.82) is 5.26 Å². The van der Waals surface area contributed by atoms with Gasteiger partial charge >= 0.3 is 0 Å². The van der Waals surface area contributed by atoms with Gasteiger partial charge in [-0.15, -0.1) is 0 Å². The van der Waals surface area contributed by atoms with E-state index in [0.717, 1.165) is 30.2 Å². The van der Waals surface area contributed by atoms with Crippen LogP contribution in [0.4, 0.5) is 0 Å². The maximum absolute atomic E-state index is 10.8. The zero-order chi connectivity index (χ0) is 15.6. The molecule has 1 atom stereocenters. The highest BCUT2D eigenvalue weighted by Gasteiger charge is 2.43. The van der Waals surface area contributed by atoms with Crippen LogP contribution in [-0.2, 0) is 0 Å². The Balaban J connectivity index is 2.24. The van der Waals surface area contributed by atoms with Crippen molar-refractivity contribution in [1.82, 2.24) is 0 Å². The summed E-state index contributed by atoms with van der Waals surface area (Å²) in [5.41, 5.74) is -0.0486. The van der Waals surface area contributed by atoms with Gasteiger partial charge < -0.3 is 5.11 Å². The van der Waals surface area contributed by atoms with Crippen LogP contribution in [0.3, 0.4) is 0 Å². The maximum Gasteiger partial charge on any atom is 0.0990 e. The van der Waals surface area contributed by atoms with Crippen molar-refractivity contribution < 1.29 is 5.11 Å². The molecule has 0 aromatic heterocycles. The number of nitrogens with zero attached hydrogens (tertiary/aromatic N) is 1. The third kappa shape index (κ3) is 3.44. The lowest BCUT2D eigenvalue weighted by Gasteiger charge is -2.39. The second-order valence-electron chi connectivity index (χ2n) is 6.42. The third-order valence-corrected chi connectivity index (χ3v) is 5.69. The van der Waals surface area contributed by atoms with Crippen LogP contribution in [-0.4, -0.2) is 5.11 Å². The van der Waals surface area contributed by atoms with Crippen molar-refractivity contribution in [2.24, 2.45) is 17.3 Å². The smallest absolute Gasteiger partial charge is 0.0990 e. The van der Waals surface area contributed by atoms with Crippen molar-refractivity contribution in [3.8, 4) is 6.07 Å². The average Bonchev–Trinajstić information content (AvgIpc) is 2.46. The molecular formula is C17H21BrClNO. The Morgan fingerprint density at radius 1 is 1.38 bits per heavy atom. The summed E-state index contributed by atoms with van der Waals surface area (Å²) in [4.78, 5) is 0. The summed E-state index contributed by atoms with van der Waals surface area (Å²) in [6, 6.07) is 7.83. The highest BCUT2D eigenvalue weighted by atomic mass is 79.9. The van der Waals surface area contributed by atoms with E-state index in [4.69, 9.17) is 11.6 Å². The van der Waals surface area contributed by atoms with E-state index in [1.54, 1.807) is 6.07 Å². The van der Waals surface area contributed by atoms with E-state index >= 15 is 0 Å². The summed E-state index contributed by atoms with van der Waals surface area (Å²) in [6.45, 7) is 4.46. The van der Waals surface area contributed by atoms with E-state index < -0.39 is 11.5 Å². The van der Waals surface area contributed by atoms with Gasteiger partial charge in [0.25, 0.3) is 0 Å². The van der Waals surface area contributed by atoms with E-state index in [9.17, 15) is 10.4 Å². The Morgan fingerprint density at radius 2 is 2.00 bits per heavy atom. The van der Waals surface area contributed by atoms with Gasteiger partial charge in [0.1, 0.15) is 0 Å². The molecule has 1 fully saturated rings. The van der Waals surface area contributed by atoms with Gasteiger partial charge in [-0.2, -0.15) is 5.26 Å². The molecule has 1 saturated carbocycles. The average molecular weight is 371 g/mol. The fourth-order valence-corrected chi connectivity index (χ4v) is 4.07. The van der Waals surface area contributed by atoms with Crippen molar-refractivity contribution in [2.75, 3.05) is 0 Å². The Kier molecular flexibility index (Phi) is 5.35. The van der Waals surface area contributed by atoms with E-state index in [1.807, 2.05) is 12.1 Å². The quantitative estimate of drug-likeness (QED) is 0.764. The number of hydrogen-bond donors (Lipinski definition) is 1. The van der Waals surface area contributed by atoms with Gasteiger partial charge in [-0.3, -0.25) is 0 Å². The van der Waals surface area contributed by atoms with Crippen LogP contribution in [0.15, 0.2) is 22.7 Å². The summed E-state index contributed by atoms with van der Waals surface area (Å²) in [5.74, 6) is 1.29. The molecule has 114 valence electrons. The molecule has 1 N–H and O–H groups in total. The topological polar surface area (TPSA) is 44.0 Å². The fraction of sp³-hybridized carbons (Fsp3) is 0.588. The highest BCUT2D eigenvalue weighted by Crippen LogP contribution is 2.49. The van der Waals surface area contributed by atoms with Crippen molar-refractivity contribution in [3.05, 3.63) is 33.3 Å². The second-order valence-corrected chi connectivity index (χ2v) is 7.74. The van der Waals surface area contributed by atoms with Gasteiger partial charge in [0, 0.05) is 15.1 Å². The first-order chi connectivity index (χ1) is 9.89. The molecule has 1 unspecified atom stereocenters. The SMILES string of the molecule is CC(C)C1CCC(C#N)(C(O)c2ccc(Br)cc2Cl)CC1. The van der Waals surface area contributed by atoms with Gasteiger partial charge in [0.15, 0.2) is 0 Å². The van der Waals surface area contributed by atoms with Crippen LogP contribution >= 0.6 is 27.5 Å². The Labute approximate surface area is 140 Å². The molecule has 0 heterocycles. The number of nitriles is 1. The van der Waals surface area contributed by atoms with Crippen LogP contribution in [0.2, 0.25) is 5.02 Å². The number of hydrogen-bond acceptors (Lipinski definition) is 2. The summed E-state index contributed by atoms with van der Waals surface area (Å²) < 4.78 is 0.873. The molecule has 4 heteroatoms. The summed E-state index contributed by atoms with van der Waals surface area (Å²) in [5, 5.41) is 21.0. The minimum atomic E-state index is -0.823. The van der Waals surface area contributed by atoms with Crippen molar-refractivity contribution >= 4 is 27.5 Å². The first kappa shape index (κ1) is 16.8. The first-order valence-corrected chi connectivity index (χ1v) is 8.61. The molecule has 2 nitrogen and oxygen atoms in total. The summed E-state index contributed by atoms with van der Waals surface area (Å²) in [6.07, 6.45) is 2.64. The molecule has 0 saturated heterocycles. The zero-order valence-corrected chi connectivity index (χ0v) is 14.8. The lowest BCUT2D eigenvalue weighted by Crippen LogP contribution is -2.33. The Hall–Kier alpha value is -0.560. The van der Waals surface area contributed by atoms with Gasteiger partial charge in [0.05, 0.1) is 17.6 Å². The van der Waals surface area contributed by atoms with E-state index in [-0.39, 0.29) is 0 Å². The number of aliphatic hydroxyl groups is 1. The molecule has 1 aromatic carbocycles. The Morgan fingerprint density at radius 3 is 2.48 bits per heavy atom. The zero-order valence-electron chi connectivity index (χ0n) is 12.4. The normalized spacial score (nSPS) is 27.4. The molecule has 1 aliphatic carbocycles. The fourth-order valence-electron chi connectivity index (χ4n) is 3.29. The minimum absolute atomic E-state index is 0.512. The lowest BCUT2D eigenvalue weighted by atomic mass is 9.65. The van der Waals surface area contributed by atoms with Crippen LogP contribution in [0.1, 0.15) is 51.2 Å². The van der Waals surface area contributed by atoms with E-state index in [1.165, 1.54) is 0 Å². The Bertz CT molecular complexity index is 544. The van der Waals surface area contributed by atoms with E-state index in [2.05, 4.69) is 35.8 Å². The molecule has 0 bridgehead atoms. The largest absolute Gasteiger partial charge is 0.387 e. The van der Waals surface area contributed by atoms with Gasteiger partial charge in [-0.25, -0.2) is 0 Å². The number of aliphatic hydroxyl groups excluding tert-OH is 1. The summed E-state index contributed by atoms with van der Waals surface area (Å²) >= 11 is 9.61. The van der Waals surface area contributed by atoms with Crippen LogP contribution in [0, 0.1) is 28.6 Å². The van der Waals surface area contributed by atoms with Crippen LogP contribution in [0.5, 0.6) is 0 Å². The molecule has 1 aromatic rings. The molecule has 0 amide bonds. The number of halogens is 2. The molecule has 0 radical (unpaired) electrons. The predicted molar refractivity (Wildman–Crippen MR) is 89.0 cm³/mol. The maximum atomic E-state index is 10.8. The molecule has 0 spiro atoms. The molecule has 2 rings (SSSR count). The number of benzene rings is 1. The lowest BCUT2D eigenvalue weighted by molar-refractivity contribution is 0.0191. The minimum Gasteiger partial charge on any atom is -0.387 e. The summed E-state index contributed by atoms with van der Waals surface area (Å²) in [7, 11) is 0. The first-order valence-electron chi connectivity index (χ1n) is 7.44. The standard InChI is InChI=1S/C17H21BrClNO/c1-11(2)12-5-7-17(10-20,8-6-12)16(21)14-4-3-13(18)9-15(14)19/h3-4,9,11-12,16,21H,5-8H2,1-2H3. The monoisotopic (exact) mass is 369 g/mol.